The third kappa shape index (κ3) is 2.20. The topological polar surface area (TPSA) is 64.2 Å². The van der Waals surface area contributed by atoms with E-state index in [1.165, 1.54) is 0 Å². The van der Waals surface area contributed by atoms with Gasteiger partial charge in [-0.3, -0.25) is 9.59 Å². The number of hydrogen-bond acceptors (Lipinski definition) is 3. The molecule has 0 fully saturated rings. The van der Waals surface area contributed by atoms with Gasteiger partial charge in [0.1, 0.15) is 0 Å². The molecule has 1 aromatic carbocycles. The number of para-hydroxylation sites is 1. The van der Waals surface area contributed by atoms with Crippen molar-refractivity contribution < 1.29 is 5.11 Å². The van der Waals surface area contributed by atoms with E-state index in [0.717, 1.165) is 23.0 Å². The summed E-state index contributed by atoms with van der Waals surface area (Å²) in [4.78, 5) is 24.9. The third-order valence-corrected chi connectivity index (χ3v) is 4.73. The number of aliphatic hydroxyl groups is 1. The van der Waals surface area contributed by atoms with Gasteiger partial charge in [0.05, 0.1) is 11.0 Å². The van der Waals surface area contributed by atoms with E-state index in [4.69, 9.17) is 5.11 Å². The van der Waals surface area contributed by atoms with Gasteiger partial charge in [0.25, 0.3) is 0 Å². The summed E-state index contributed by atoms with van der Waals surface area (Å²) in [6, 6.07) is 5.93. The minimum Gasteiger partial charge on any atom is -0.396 e. The maximum absolute atomic E-state index is 12.4. The van der Waals surface area contributed by atoms with Crippen LogP contribution in [0.4, 0.5) is 0 Å². The highest BCUT2D eigenvalue weighted by Crippen LogP contribution is 2.36. The van der Waals surface area contributed by atoms with Crippen LogP contribution in [0.25, 0.3) is 11.0 Å². The number of rotatable bonds is 4. The van der Waals surface area contributed by atoms with Gasteiger partial charge in [0.2, 0.25) is 0 Å². The fourth-order valence-electron chi connectivity index (χ4n) is 3.36. The third-order valence-electron chi connectivity index (χ3n) is 4.73. The fourth-order valence-corrected chi connectivity index (χ4v) is 3.36. The molecule has 1 aliphatic rings. The van der Waals surface area contributed by atoms with Crippen LogP contribution in [0.3, 0.4) is 0 Å². The Labute approximate surface area is 128 Å². The predicted octanol–water partition coefficient (Wildman–Crippen LogP) is 1.62. The predicted molar refractivity (Wildman–Crippen MR) is 86.4 cm³/mol. The van der Waals surface area contributed by atoms with Gasteiger partial charge in [-0.15, -0.1) is 0 Å². The van der Waals surface area contributed by atoms with Crippen LogP contribution in [0.5, 0.6) is 0 Å². The fraction of sp³-hybridized carbons (Fsp3) is 0.529. The Hall–Kier alpha value is -1.88. The molecule has 0 saturated carbocycles. The van der Waals surface area contributed by atoms with Crippen LogP contribution in [0.2, 0.25) is 0 Å². The maximum Gasteiger partial charge on any atom is 0.316 e. The van der Waals surface area contributed by atoms with E-state index in [0.29, 0.717) is 25.9 Å². The monoisotopic (exact) mass is 302 g/mol. The molecule has 0 atom stereocenters. The lowest BCUT2D eigenvalue weighted by atomic mass is 9.78. The van der Waals surface area contributed by atoms with Crippen molar-refractivity contribution in [1.29, 1.82) is 0 Å². The highest BCUT2D eigenvalue weighted by Gasteiger charge is 2.30. The maximum atomic E-state index is 12.4. The zero-order chi connectivity index (χ0) is 15.9. The molecule has 1 aliphatic heterocycles. The number of aromatic nitrogens is 2. The molecule has 1 aromatic heterocycles. The Morgan fingerprint density at radius 1 is 1.18 bits per heavy atom. The summed E-state index contributed by atoms with van der Waals surface area (Å²) in [5.41, 5.74) is 1.96. The molecule has 0 spiro atoms. The highest BCUT2D eigenvalue weighted by molar-refractivity contribution is 5.80. The Bertz CT molecular complexity index is 830. The lowest BCUT2D eigenvalue weighted by Crippen LogP contribution is -2.44. The molecule has 5 heteroatoms. The van der Waals surface area contributed by atoms with Crippen LogP contribution in [0.15, 0.2) is 27.8 Å². The Balaban J connectivity index is 2.31. The summed E-state index contributed by atoms with van der Waals surface area (Å²) < 4.78 is 3.22. The van der Waals surface area contributed by atoms with E-state index in [1.54, 1.807) is 9.13 Å². The molecule has 0 bridgehead atoms. The number of aryl methyl sites for hydroxylation is 2. The number of aliphatic hydroxyl groups excluding tert-OH is 1. The quantitative estimate of drug-likeness (QED) is 0.689. The van der Waals surface area contributed by atoms with E-state index < -0.39 is 11.1 Å². The molecule has 3 rings (SSSR count). The zero-order valence-electron chi connectivity index (χ0n) is 13.1. The minimum atomic E-state index is -0.456. The average Bonchev–Trinajstić information content (AvgIpc) is 2.49. The van der Waals surface area contributed by atoms with Crippen LogP contribution in [-0.2, 0) is 18.5 Å². The van der Waals surface area contributed by atoms with Crippen LogP contribution in [-0.4, -0.2) is 20.8 Å². The molecule has 118 valence electrons. The number of nitrogens with zero attached hydrogens (tertiary/aromatic N) is 2. The first-order valence-electron chi connectivity index (χ1n) is 7.85. The van der Waals surface area contributed by atoms with Gasteiger partial charge >= 0.3 is 11.1 Å². The van der Waals surface area contributed by atoms with Crippen molar-refractivity contribution in [2.45, 2.75) is 51.6 Å². The van der Waals surface area contributed by atoms with E-state index in [9.17, 15) is 9.59 Å². The van der Waals surface area contributed by atoms with Crippen molar-refractivity contribution in [3.8, 4) is 0 Å². The largest absolute Gasteiger partial charge is 0.396 e. The van der Waals surface area contributed by atoms with Crippen LogP contribution >= 0.6 is 0 Å². The minimum absolute atomic E-state index is 0.000715. The van der Waals surface area contributed by atoms with Gasteiger partial charge in [0.15, 0.2) is 0 Å². The molecule has 1 N–H and O–H groups in total. The van der Waals surface area contributed by atoms with Crippen molar-refractivity contribution in [2.75, 3.05) is 6.61 Å². The summed E-state index contributed by atoms with van der Waals surface area (Å²) in [6.45, 7) is 5.51. The second-order valence-corrected chi connectivity index (χ2v) is 6.65. The average molecular weight is 302 g/mol. The lowest BCUT2D eigenvalue weighted by molar-refractivity contribution is 0.281. The van der Waals surface area contributed by atoms with E-state index in [2.05, 4.69) is 19.9 Å². The summed E-state index contributed by atoms with van der Waals surface area (Å²) >= 11 is 0. The Morgan fingerprint density at radius 2 is 1.95 bits per heavy atom. The summed E-state index contributed by atoms with van der Waals surface area (Å²) in [5, 5.41) is 8.93. The Morgan fingerprint density at radius 3 is 2.68 bits per heavy atom. The number of unbranched alkanes of at least 4 members (excludes halogenated alkanes) is 1. The van der Waals surface area contributed by atoms with Gasteiger partial charge in [-0.2, -0.15) is 0 Å². The molecule has 0 radical (unpaired) electrons. The van der Waals surface area contributed by atoms with Gasteiger partial charge < -0.3 is 14.2 Å². The molecular weight excluding hydrogens is 280 g/mol. The van der Waals surface area contributed by atoms with E-state index in [-0.39, 0.29) is 12.0 Å². The molecule has 22 heavy (non-hydrogen) atoms. The summed E-state index contributed by atoms with van der Waals surface area (Å²) in [6.07, 6.45) is 2.16. The summed E-state index contributed by atoms with van der Waals surface area (Å²) in [5.74, 6) is 0. The van der Waals surface area contributed by atoms with Gasteiger partial charge in [0, 0.05) is 19.7 Å². The molecule has 0 amide bonds. The van der Waals surface area contributed by atoms with Crippen LogP contribution in [0.1, 0.15) is 38.7 Å². The SMILES string of the molecule is CC1(C)CCn2c(=O)c(=O)n(CCCCO)c3cccc1c32. The first kappa shape index (κ1) is 15.0. The highest BCUT2D eigenvalue weighted by atomic mass is 16.3. The van der Waals surface area contributed by atoms with Crippen molar-refractivity contribution in [1.82, 2.24) is 9.13 Å². The van der Waals surface area contributed by atoms with Crippen molar-refractivity contribution >= 4 is 11.0 Å². The van der Waals surface area contributed by atoms with Gasteiger partial charge in [-0.1, -0.05) is 26.0 Å². The second-order valence-electron chi connectivity index (χ2n) is 6.65. The number of hydrogen-bond donors (Lipinski definition) is 1. The zero-order valence-corrected chi connectivity index (χ0v) is 13.1. The van der Waals surface area contributed by atoms with Gasteiger partial charge in [-0.25, -0.2) is 0 Å². The molecule has 0 unspecified atom stereocenters. The number of benzene rings is 1. The molecule has 2 aromatic rings. The molecule has 5 nitrogen and oxygen atoms in total. The van der Waals surface area contributed by atoms with Crippen molar-refractivity contribution in [2.24, 2.45) is 0 Å². The first-order chi connectivity index (χ1) is 10.5. The first-order valence-corrected chi connectivity index (χ1v) is 7.85. The molecule has 2 heterocycles. The smallest absolute Gasteiger partial charge is 0.316 e. The van der Waals surface area contributed by atoms with Crippen LogP contribution in [0, 0.1) is 0 Å². The second kappa shape index (κ2) is 5.39. The standard InChI is InChI=1S/C17H22N2O3/c1-17(2)8-10-19-14-12(17)6-5-7-13(14)18(9-3-4-11-20)15(21)16(19)22/h5-7,20H,3-4,8-11H2,1-2H3. The summed E-state index contributed by atoms with van der Waals surface area (Å²) in [7, 11) is 0. The Kier molecular flexibility index (Phi) is 3.68. The van der Waals surface area contributed by atoms with Crippen molar-refractivity contribution in [3.63, 3.8) is 0 Å². The molecule has 0 saturated heterocycles. The molecular formula is C17H22N2O3. The normalized spacial score (nSPS) is 16.1. The molecule has 0 aliphatic carbocycles. The van der Waals surface area contributed by atoms with Crippen LogP contribution < -0.4 is 11.1 Å². The van der Waals surface area contributed by atoms with Crippen molar-refractivity contribution in [3.05, 3.63) is 44.5 Å². The van der Waals surface area contributed by atoms with E-state index >= 15 is 0 Å². The lowest BCUT2D eigenvalue weighted by Gasteiger charge is -2.33. The van der Waals surface area contributed by atoms with Gasteiger partial charge in [-0.05, 0) is 36.3 Å². The van der Waals surface area contributed by atoms with E-state index in [1.807, 2.05) is 12.1 Å².